The molecular weight excluding hydrogens is 236 g/mol. The van der Waals surface area contributed by atoms with Gasteiger partial charge in [-0.25, -0.2) is 0 Å². The molecule has 1 unspecified atom stereocenters. The fourth-order valence-corrected chi connectivity index (χ4v) is 3.01. The molecule has 0 radical (unpaired) electrons. The van der Waals surface area contributed by atoms with Crippen LogP contribution >= 0.6 is 0 Å². The van der Waals surface area contributed by atoms with Crippen molar-refractivity contribution < 1.29 is 8.95 Å². The molecule has 1 rings (SSSR count). The van der Waals surface area contributed by atoms with Crippen LogP contribution in [0.1, 0.15) is 20.8 Å². The van der Waals surface area contributed by atoms with Crippen molar-refractivity contribution in [1.29, 1.82) is 0 Å². The Morgan fingerprint density at radius 3 is 2.41 bits per heavy atom. The molecule has 1 fully saturated rings. The van der Waals surface area contributed by atoms with E-state index in [1.165, 1.54) is 0 Å². The number of hydrogen-bond donors (Lipinski definition) is 1. The topological polar surface area (TPSA) is 41.6 Å². The first-order valence-electron chi connectivity index (χ1n) is 6.25. The van der Waals surface area contributed by atoms with Gasteiger partial charge in [-0.3, -0.25) is 9.11 Å². The number of nitrogens with one attached hydrogen (secondary N) is 1. The lowest BCUT2D eigenvalue weighted by atomic mass is 10.1. The zero-order chi connectivity index (χ0) is 12.9. The Balaban J connectivity index is 2.44. The normalized spacial score (nSPS) is 21.6. The number of methoxy groups -OCH3 is 1. The van der Waals surface area contributed by atoms with E-state index in [2.05, 4.69) is 31.0 Å². The van der Waals surface area contributed by atoms with Crippen LogP contribution in [0.25, 0.3) is 0 Å². The predicted octanol–water partition coefficient (Wildman–Crippen LogP) is 0.454. The summed E-state index contributed by atoms with van der Waals surface area (Å²) in [6.07, 6.45) is 0. The second-order valence-corrected chi connectivity index (χ2v) is 7.32. The molecule has 0 aromatic heterocycles. The van der Waals surface area contributed by atoms with Gasteiger partial charge in [0.15, 0.2) is 0 Å². The first-order chi connectivity index (χ1) is 7.92. The van der Waals surface area contributed by atoms with E-state index in [1.54, 1.807) is 7.11 Å². The van der Waals surface area contributed by atoms with Crippen molar-refractivity contribution in [2.24, 2.45) is 0 Å². The van der Waals surface area contributed by atoms with E-state index < -0.39 is 10.8 Å². The third kappa shape index (κ3) is 5.95. The lowest BCUT2D eigenvalue weighted by molar-refractivity contribution is 0.0911. The van der Waals surface area contributed by atoms with Gasteiger partial charge in [0.1, 0.15) is 0 Å². The minimum atomic E-state index is -0.605. The maximum absolute atomic E-state index is 11.3. The van der Waals surface area contributed by atoms with Gasteiger partial charge in [0.05, 0.1) is 6.61 Å². The molecule has 102 valence electrons. The van der Waals surface area contributed by atoms with Crippen LogP contribution in [0.5, 0.6) is 0 Å². The zero-order valence-electron chi connectivity index (χ0n) is 11.5. The largest absolute Gasteiger partial charge is 0.383 e. The summed E-state index contributed by atoms with van der Waals surface area (Å²) in [4.78, 5) is 2.39. The van der Waals surface area contributed by atoms with Gasteiger partial charge in [0.2, 0.25) is 0 Å². The summed E-state index contributed by atoms with van der Waals surface area (Å²) in [5.41, 5.74) is 0.130. The SMILES string of the molecule is COCC(CNC(C)(C)C)N1CCS(=O)CC1. The fourth-order valence-electron chi connectivity index (χ4n) is 1.93. The molecule has 0 aliphatic carbocycles. The Labute approximate surface area is 108 Å². The number of rotatable bonds is 5. The molecule has 5 heteroatoms. The van der Waals surface area contributed by atoms with Gasteiger partial charge in [0, 0.05) is 60.6 Å². The van der Waals surface area contributed by atoms with Crippen molar-refractivity contribution in [3.8, 4) is 0 Å². The van der Waals surface area contributed by atoms with E-state index in [9.17, 15) is 4.21 Å². The maximum atomic E-state index is 11.3. The Kier molecular flexibility index (Phi) is 6.06. The average molecular weight is 262 g/mol. The van der Waals surface area contributed by atoms with Crippen LogP contribution in [-0.2, 0) is 15.5 Å². The van der Waals surface area contributed by atoms with Crippen molar-refractivity contribution in [1.82, 2.24) is 10.2 Å². The molecule has 1 aliphatic heterocycles. The van der Waals surface area contributed by atoms with Crippen LogP contribution in [0.15, 0.2) is 0 Å². The fraction of sp³-hybridized carbons (Fsp3) is 1.00. The molecular formula is C12H26N2O2S. The van der Waals surface area contributed by atoms with Gasteiger partial charge >= 0.3 is 0 Å². The van der Waals surface area contributed by atoms with Gasteiger partial charge in [-0.1, -0.05) is 0 Å². The third-order valence-electron chi connectivity index (χ3n) is 2.96. The Bertz CT molecular complexity index is 243. The Morgan fingerprint density at radius 2 is 1.94 bits per heavy atom. The first kappa shape index (κ1) is 15.1. The number of hydrogen-bond acceptors (Lipinski definition) is 4. The van der Waals surface area contributed by atoms with Crippen LogP contribution in [-0.4, -0.2) is 65.5 Å². The van der Waals surface area contributed by atoms with E-state index in [0.29, 0.717) is 6.04 Å². The van der Waals surface area contributed by atoms with Crippen molar-refractivity contribution in [2.75, 3.05) is 44.9 Å². The zero-order valence-corrected chi connectivity index (χ0v) is 12.3. The molecule has 1 aliphatic rings. The molecule has 1 N–H and O–H groups in total. The van der Waals surface area contributed by atoms with Crippen molar-refractivity contribution in [2.45, 2.75) is 32.4 Å². The van der Waals surface area contributed by atoms with E-state index in [4.69, 9.17) is 4.74 Å². The van der Waals surface area contributed by atoms with Gasteiger partial charge in [-0.15, -0.1) is 0 Å². The van der Waals surface area contributed by atoms with E-state index >= 15 is 0 Å². The van der Waals surface area contributed by atoms with E-state index in [1.807, 2.05) is 0 Å². The summed E-state index contributed by atoms with van der Waals surface area (Å²) < 4.78 is 16.6. The maximum Gasteiger partial charge on any atom is 0.0630 e. The Morgan fingerprint density at radius 1 is 1.35 bits per heavy atom. The summed E-state index contributed by atoms with van der Waals surface area (Å²) in [6, 6.07) is 0.386. The van der Waals surface area contributed by atoms with Gasteiger partial charge < -0.3 is 10.1 Å². The van der Waals surface area contributed by atoms with Crippen molar-refractivity contribution >= 4 is 10.8 Å². The third-order valence-corrected chi connectivity index (χ3v) is 4.23. The van der Waals surface area contributed by atoms with E-state index in [-0.39, 0.29) is 5.54 Å². The van der Waals surface area contributed by atoms with Crippen LogP contribution < -0.4 is 5.32 Å². The monoisotopic (exact) mass is 262 g/mol. The van der Waals surface area contributed by atoms with Crippen LogP contribution in [0.4, 0.5) is 0 Å². The standard InChI is InChI=1S/C12H26N2O2S/c1-12(2,3)13-9-11(10-16-4)14-5-7-17(15)8-6-14/h11,13H,5-10H2,1-4H3. The van der Waals surface area contributed by atoms with Gasteiger partial charge in [0.25, 0.3) is 0 Å². The highest BCUT2D eigenvalue weighted by molar-refractivity contribution is 7.85. The van der Waals surface area contributed by atoms with Crippen LogP contribution in [0.2, 0.25) is 0 Å². The molecule has 4 nitrogen and oxygen atoms in total. The quantitative estimate of drug-likeness (QED) is 0.781. The highest BCUT2D eigenvalue weighted by Crippen LogP contribution is 2.07. The van der Waals surface area contributed by atoms with Crippen molar-refractivity contribution in [3.05, 3.63) is 0 Å². The van der Waals surface area contributed by atoms with Crippen molar-refractivity contribution in [3.63, 3.8) is 0 Å². The Hall–Kier alpha value is 0.0300. The highest BCUT2D eigenvalue weighted by atomic mass is 32.2. The van der Waals surface area contributed by atoms with Gasteiger partial charge in [-0.2, -0.15) is 0 Å². The predicted molar refractivity (Wildman–Crippen MR) is 72.9 cm³/mol. The average Bonchev–Trinajstić information content (AvgIpc) is 2.24. The molecule has 0 spiro atoms. The molecule has 1 atom stereocenters. The summed E-state index contributed by atoms with van der Waals surface area (Å²) in [5.74, 6) is 1.60. The van der Waals surface area contributed by atoms with Gasteiger partial charge in [-0.05, 0) is 20.8 Å². The molecule has 17 heavy (non-hydrogen) atoms. The number of nitrogens with zero attached hydrogens (tertiary/aromatic N) is 1. The molecule has 1 saturated heterocycles. The summed E-state index contributed by atoms with van der Waals surface area (Å²) >= 11 is 0. The molecule has 0 saturated carbocycles. The highest BCUT2D eigenvalue weighted by Gasteiger charge is 2.24. The molecule has 0 bridgehead atoms. The second kappa shape index (κ2) is 6.83. The first-order valence-corrected chi connectivity index (χ1v) is 7.74. The van der Waals surface area contributed by atoms with Crippen LogP contribution in [0.3, 0.4) is 0 Å². The molecule has 0 amide bonds. The minimum absolute atomic E-state index is 0.130. The summed E-state index contributed by atoms with van der Waals surface area (Å²) in [7, 11) is 1.14. The minimum Gasteiger partial charge on any atom is -0.383 e. The number of ether oxygens (including phenoxy) is 1. The lowest BCUT2D eigenvalue weighted by Gasteiger charge is -2.35. The molecule has 1 heterocycles. The summed E-state index contributed by atoms with van der Waals surface area (Å²) in [6.45, 7) is 10.0. The molecule has 0 aromatic carbocycles. The second-order valence-electron chi connectivity index (χ2n) is 5.62. The van der Waals surface area contributed by atoms with Crippen LogP contribution in [0, 0.1) is 0 Å². The smallest absolute Gasteiger partial charge is 0.0630 e. The molecule has 0 aromatic rings. The van der Waals surface area contributed by atoms with E-state index in [0.717, 1.165) is 37.7 Å². The lowest BCUT2D eigenvalue weighted by Crippen LogP contribution is -2.53. The summed E-state index contributed by atoms with van der Waals surface area (Å²) in [5, 5.41) is 3.52.